The van der Waals surface area contributed by atoms with E-state index in [4.69, 9.17) is 9.47 Å². The second-order valence-electron chi connectivity index (χ2n) is 11.4. The van der Waals surface area contributed by atoms with Crippen molar-refractivity contribution in [3.05, 3.63) is 171 Å². The molecule has 16 radical (unpaired) electrons. The molecule has 0 atom stereocenters. The van der Waals surface area contributed by atoms with Crippen molar-refractivity contribution >= 4 is 37.6 Å². The van der Waals surface area contributed by atoms with Crippen LogP contribution in [0.15, 0.2) is 135 Å². The fraction of sp³-hybridized carbons (Fsp3) is 0.333. The van der Waals surface area contributed by atoms with Gasteiger partial charge in [-0.15, -0.1) is 5.57 Å². The number of benzene rings is 1. The number of amides is 2. The molecule has 2 heterocycles. The fourth-order valence-corrected chi connectivity index (χ4v) is 8.54. The van der Waals surface area contributed by atoms with Crippen LogP contribution in [0.5, 0.6) is 0 Å². The largest absolute Gasteiger partial charge is 0.513 e. The van der Waals surface area contributed by atoms with Gasteiger partial charge >= 0.3 is 0 Å². The molecular weight excluding hydrogens is 2250 g/mol. The molecule has 5 aliphatic rings. The minimum Gasteiger partial charge on any atom is -0.513 e. The van der Waals surface area contributed by atoms with Crippen LogP contribution in [-0.4, -0.2) is 65.6 Å². The molecule has 6 rings (SSSR count). The monoisotopic (exact) mass is 2320 g/mol. The number of fused-ring (bicyclic) bond motifs is 1. The Morgan fingerprint density at radius 2 is 0.846 bits per heavy atom. The number of allylic oxidation sites excluding steroid dienone is 13. The van der Waals surface area contributed by atoms with Crippen LogP contribution in [0, 0.1) is 35.8 Å². The van der Waals surface area contributed by atoms with E-state index >= 15 is 0 Å². The number of likely N-dealkylation sites (N-methyl/N-ethyl adjacent to an activating group) is 2. The Balaban J connectivity index is -0.0000000345. The molecular formula is C48H73N4O8S2Y16-5. The molecule has 0 bridgehead atoms. The molecule has 3 aliphatic carbocycles. The topological polar surface area (TPSA) is 151 Å². The van der Waals surface area contributed by atoms with E-state index in [1.807, 2.05) is 97.9 Å². The van der Waals surface area contributed by atoms with Gasteiger partial charge in [-0.2, -0.15) is 5.57 Å². The SMILES string of the molecule is CC.CC.CC.CC.COC1=C(C(=O)NC2=CC=CC=CC2)N(C)S(=O)(=O)C2=C1CC(C)=[C-]2.COC1=C(C(=O)NC2=CC=CC=CC2)N(C)S(=O)(=O)c2ccccc21.[CH3-].[CH3-].[CH3-].[CH3-].[Y].[Y].[Y].[Y].[Y].[Y].[Y].[Y].[Y].[Y].[Y].[Y].[Y].[Y].[Y].[Y]. The van der Waals surface area contributed by atoms with Crippen LogP contribution in [0.3, 0.4) is 0 Å². The number of sulfonamides is 2. The van der Waals surface area contributed by atoms with Crippen molar-refractivity contribution in [2.24, 2.45) is 0 Å². The normalized spacial score (nSPS) is 13.1. The van der Waals surface area contributed by atoms with Crippen molar-refractivity contribution in [2.75, 3.05) is 28.3 Å². The van der Waals surface area contributed by atoms with E-state index in [1.165, 1.54) is 34.4 Å². The summed E-state index contributed by atoms with van der Waals surface area (Å²) in [4.78, 5) is 25.8. The number of nitrogens with zero attached hydrogens (tertiary/aromatic N) is 2. The molecule has 0 saturated carbocycles. The predicted molar refractivity (Wildman–Crippen MR) is 259 cm³/mol. The van der Waals surface area contributed by atoms with Gasteiger partial charge in [-0.25, -0.2) is 22.9 Å². The van der Waals surface area contributed by atoms with E-state index in [0.29, 0.717) is 41.8 Å². The maximum absolute atomic E-state index is 12.8. The zero-order chi connectivity index (χ0) is 44.2. The van der Waals surface area contributed by atoms with Crippen LogP contribution in [0.25, 0.3) is 5.76 Å². The first-order valence-corrected chi connectivity index (χ1v) is 22.3. The van der Waals surface area contributed by atoms with Gasteiger partial charge in [0.2, 0.25) is 10.0 Å². The average molecular weight is 2320 g/mol. The number of nitrogens with one attached hydrogen (secondary N) is 2. The van der Waals surface area contributed by atoms with Crippen molar-refractivity contribution < 1.29 is 559 Å². The second kappa shape index (κ2) is 83.6. The van der Waals surface area contributed by atoms with E-state index in [0.717, 1.165) is 14.2 Å². The van der Waals surface area contributed by atoms with E-state index in [2.05, 4.69) is 16.7 Å². The number of carbonyl (C=O) groups excluding carboxylic acids is 2. The van der Waals surface area contributed by atoms with Gasteiger partial charge in [-0.3, -0.25) is 18.2 Å². The Kier molecular flexibility index (Phi) is 156. The quantitative estimate of drug-likeness (QED) is 0.267. The molecule has 2 amide bonds. The van der Waals surface area contributed by atoms with Gasteiger partial charge in [0, 0.05) is 567 Å². The van der Waals surface area contributed by atoms with E-state index in [9.17, 15) is 26.4 Å². The standard InChI is InChI=1S/C18H19N2O4S.C18H18N2O4S.4C2H6.4CH3.16Y/c1-12-10-14-15(11-12)25(22,23)20(2)16(17(14)24-3)18(21)19-13-8-6-4-5-7-9-13;1-20-16(18(21)19-13-9-5-3-4-6-10-13)17(24-2)14-11-7-8-12-15(14)25(20,22)23;4*1-2;;;;;;;;;;;;;;;;;;;;/h4-8H,9-10H2,1-3H3,(H,19,21);3-9,11-12H,10H2,1-2H3,(H,19,21);4*1-2H3;4*1H3;;;;;;;;;;;;;;;;/q-1;;;;;;4*-1;;;;;;;;;;;;;;;;. The molecule has 0 unspecified atom stereocenters. The predicted octanol–water partition coefficient (Wildman–Crippen LogP) is 10.1. The summed E-state index contributed by atoms with van der Waals surface area (Å²) >= 11 is 0. The third-order valence-electron chi connectivity index (χ3n) is 8.14. The Labute approximate surface area is 879 Å². The van der Waals surface area contributed by atoms with E-state index in [1.54, 1.807) is 43.4 Å². The van der Waals surface area contributed by atoms with Crippen molar-refractivity contribution in [1.82, 2.24) is 19.2 Å². The molecule has 1 aromatic carbocycles. The van der Waals surface area contributed by atoms with Gasteiger partial charge in [0.1, 0.15) is 5.70 Å². The molecule has 2 N–H and O–H groups in total. The number of rotatable bonds is 6. The molecule has 398 valence electrons. The smallest absolute Gasteiger partial charge is 0.276 e. The molecule has 0 saturated heterocycles. The van der Waals surface area contributed by atoms with E-state index in [-0.39, 0.29) is 586 Å². The van der Waals surface area contributed by atoms with Gasteiger partial charge in [0.05, 0.1) is 24.9 Å². The number of methoxy groups -OCH3 is 2. The van der Waals surface area contributed by atoms with Gasteiger partial charge in [0.15, 0.2) is 11.5 Å². The van der Waals surface area contributed by atoms with E-state index < -0.39 is 31.9 Å². The summed E-state index contributed by atoms with van der Waals surface area (Å²) in [5.41, 5.74) is 2.94. The molecule has 30 heteroatoms. The van der Waals surface area contributed by atoms with Crippen LogP contribution in [-0.2, 0) is 562 Å². The van der Waals surface area contributed by atoms with Gasteiger partial charge in [0.25, 0.3) is 21.8 Å². The number of carbonyl (C=O) groups is 2. The maximum atomic E-state index is 12.8. The summed E-state index contributed by atoms with van der Waals surface area (Å²) in [7, 11) is -2.09. The molecule has 12 nitrogen and oxygen atoms in total. The Bertz CT molecular complexity index is 2220. The van der Waals surface area contributed by atoms with Crippen LogP contribution in [0.4, 0.5) is 0 Å². The second-order valence-corrected chi connectivity index (χ2v) is 15.3. The van der Waals surface area contributed by atoms with Crippen molar-refractivity contribution in [3.63, 3.8) is 0 Å². The zero-order valence-electron chi connectivity index (χ0n) is 49.4. The van der Waals surface area contributed by atoms with Crippen molar-refractivity contribution in [1.29, 1.82) is 0 Å². The third kappa shape index (κ3) is 45.8. The summed E-state index contributed by atoms with van der Waals surface area (Å²) in [5.74, 6) is -0.554. The Morgan fingerprint density at radius 3 is 1.21 bits per heavy atom. The van der Waals surface area contributed by atoms with Crippen LogP contribution >= 0.6 is 0 Å². The summed E-state index contributed by atoms with van der Waals surface area (Å²) in [6.07, 6.45) is 22.8. The van der Waals surface area contributed by atoms with Gasteiger partial charge in [-0.1, -0.05) is 134 Å². The Hall–Kier alpha value is 12.3. The molecule has 0 aromatic heterocycles. The van der Waals surface area contributed by atoms with Gasteiger partial charge in [-0.05, 0) is 24.3 Å². The first-order chi connectivity index (χ1) is 27.8. The van der Waals surface area contributed by atoms with Crippen LogP contribution in [0.1, 0.15) is 87.1 Å². The Morgan fingerprint density at radius 1 is 0.513 bits per heavy atom. The first-order valence-electron chi connectivity index (χ1n) is 19.5. The summed E-state index contributed by atoms with van der Waals surface area (Å²) < 4.78 is 63.7. The molecule has 0 spiro atoms. The third-order valence-corrected chi connectivity index (χ3v) is 11.7. The number of hydrogen-bond acceptors (Lipinski definition) is 8. The van der Waals surface area contributed by atoms with Crippen LogP contribution < -0.4 is 10.6 Å². The van der Waals surface area contributed by atoms with Crippen LogP contribution in [0.2, 0.25) is 0 Å². The maximum Gasteiger partial charge on any atom is 0.276 e. The summed E-state index contributed by atoms with van der Waals surface area (Å²) in [5, 5.41) is 5.55. The summed E-state index contributed by atoms with van der Waals surface area (Å²) in [6, 6.07) is 6.47. The molecule has 2 aliphatic heterocycles. The van der Waals surface area contributed by atoms with Crippen molar-refractivity contribution in [2.45, 2.75) is 86.5 Å². The molecule has 1 aromatic rings. The summed E-state index contributed by atoms with van der Waals surface area (Å²) in [6.45, 7) is 17.8. The van der Waals surface area contributed by atoms with Gasteiger partial charge < -0.3 is 49.8 Å². The minimum absolute atomic E-state index is 0. The average Bonchev–Trinajstić information content (AvgIpc) is 3.39. The number of ether oxygens (including phenoxy) is 2. The number of hydrogen-bond donors (Lipinski definition) is 2. The minimum atomic E-state index is -3.82. The fourth-order valence-electron chi connectivity index (χ4n) is 5.69. The molecule has 0 fully saturated rings. The van der Waals surface area contributed by atoms with Crippen molar-refractivity contribution in [3.8, 4) is 0 Å². The molecule has 78 heavy (non-hydrogen) atoms. The first kappa shape index (κ1) is 146. The zero-order valence-corrected chi connectivity index (χ0v) is 96.5.